The zero-order valence-corrected chi connectivity index (χ0v) is 11.5. The van der Waals surface area contributed by atoms with Crippen molar-refractivity contribution in [3.05, 3.63) is 35.9 Å². The van der Waals surface area contributed by atoms with E-state index in [-0.39, 0.29) is 0 Å². The lowest BCUT2D eigenvalue weighted by Crippen LogP contribution is -1.97. The van der Waals surface area contributed by atoms with Gasteiger partial charge in [-0.2, -0.15) is 0 Å². The molecule has 0 amide bonds. The van der Waals surface area contributed by atoms with Gasteiger partial charge in [-0.25, -0.2) is 0 Å². The van der Waals surface area contributed by atoms with Gasteiger partial charge in [-0.3, -0.25) is 0 Å². The van der Waals surface area contributed by atoms with Crippen LogP contribution in [0.2, 0.25) is 0 Å². The molecule has 1 aromatic rings. The number of benzene rings is 1. The first-order chi connectivity index (χ1) is 8.38. The molecule has 1 rings (SSSR count). The van der Waals surface area contributed by atoms with E-state index >= 15 is 0 Å². The van der Waals surface area contributed by atoms with Crippen molar-refractivity contribution in [2.45, 2.75) is 71.1 Å². The second kappa shape index (κ2) is 9.27. The van der Waals surface area contributed by atoms with Crippen LogP contribution in [0.5, 0.6) is 0 Å². The Morgan fingerprint density at radius 2 is 1.76 bits per heavy atom. The Balaban J connectivity index is 2.20. The number of unbranched alkanes of at least 4 members (excludes halogenated alkanes) is 5. The van der Waals surface area contributed by atoms with Gasteiger partial charge in [0.1, 0.15) is 0 Å². The van der Waals surface area contributed by atoms with Crippen LogP contribution in [0, 0.1) is 6.07 Å². The van der Waals surface area contributed by atoms with Crippen molar-refractivity contribution in [3.63, 3.8) is 0 Å². The quantitative estimate of drug-likeness (QED) is 0.476. The van der Waals surface area contributed by atoms with E-state index in [1.54, 1.807) is 0 Å². The molecule has 0 aliphatic rings. The predicted molar refractivity (Wildman–Crippen MR) is 76.3 cm³/mol. The van der Waals surface area contributed by atoms with Crippen molar-refractivity contribution in [2.24, 2.45) is 0 Å². The van der Waals surface area contributed by atoms with Crippen LogP contribution >= 0.6 is 0 Å². The summed E-state index contributed by atoms with van der Waals surface area (Å²) in [6, 6.07) is 11.8. The van der Waals surface area contributed by atoms with Crippen LogP contribution in [0.4, 0.5) is 0 Å². The molecule has 0 aliphatic heterocycles. The molecular weight excluding hydrogens is 204 g/mol. The van der Waals surface area contributed by atoms with Crippen molar-refractivity contribution in [3.8, 4) is 0 Å². The summed E-state index contributed by atoms with van der Waals surface area (Å²) in [7, 11) is 0. The molecule has 0 aromatic heterocycles. The van der Waals surface area contributed by atoms with E-state index in [0.29, 0.717) is 0 Å². The van der Waals surface area contributed by atoms with E-state index in [2.05, 4.69) is 38.1 Å². The van der Waals surface area contributed by atoms with Gasteiger partial charge >= 0.3 is 0 Å². The smallest absolute Gasteiger partial charge is 0.0146 e. The summed E-state index contributed by atoms with van der Waals surface area (Å²) < 4.78 is 0. The summed E-state index contributed by atoms with van der Waals surface area (Å²) >= 11 is 0. The molecular formula is C17H27. The second-order valence-electron chi connectivity index (χ2n) is 4.98. The topological polar surface area (TPSA) is 0 Å². The Morgan fingerprint density at radius 1 is 1.00 bits per heavy atom. The van der Waals surface area contributed by atoms with Crippen LogP contribution < -0.4 is 0 Å². The number of hydrogen-bond donors (Lipinski definition) is 0. The van der Waals surface area contributed by atoms with Gasteiger partial charge in [0.05, 0.1) is 0 Å². The molecule has 0 saturated carbocycles. The summed E-state index contributed by atoms with van der Waals surface area (Å²) in [4.78, 5) is 0. The molecule has 0 spiro atoms. The average Bonchev–Trinajstić information content (AvgIpc) is 2.39. The van der Waals surface area contributed by atoms with Crippen LogP contribution in [0.1, 0.15) is 76.7 Å². The van der Waals surface area contributed by atoms with Gasteiger partial charge in [0.25, 0.3) is 0 Å². The van der Waals surface area contributed by atoms with Crippen molar-refractivity contribution >= 4 is 0 Å². The highest BCUT2D eigenvalue weighted by atomic mass is 14.1. The molecule has 1 aromatic carbocycles. The standard InChI is InChI=1S/C17H27/c1-3-5-6-7-8-10-13-16(4-2)17-14-11-9-12-15-17/h9,11-12,14,16H,3-8,10,13H2,1-2H3. The molecule has 0 fully saturated rings. The van der Waals surface area contributed by atoms with Crippen molar-refractivity contribution < 1.29 is 0 Å². The fourth-order valence-corrected chi connectivity index (χ4v) is 2.41. The third-order valence-electron chi connectivity index (χ3n) is 3.57. The van der Waals surface area contributed by atoms with Gasteiger partial charge in [-0.1, -0.05) is 76.6 Å². The molecule has 0 nitrogen and oxygen atoms in total. The minimum Gasteiger partial charge on any atom is -0.0654 e. The van der Waals surface area contributed by atoms with E-state index in [1.165, 1.54) is 56.9 Å². The Kier molecular flexibility index (Phi) is 7.79. The molecule has 0 heterocycles. The summed E-state index contributed by atoms with van der Waals surface area (Å²) in [6.45, 7) is 4.57. The highest BCUT2D eigenvalue weighted by molar-refractivity contribution is 5.17. The average molecular weight is 231 g/mol. The Labute approximate surface area is 107 Å². The fraction of sp³-hybridized carbons (Fsp3) is 0.647. The lowest BCUT2D eigenvalue weighted by Gasteiger charge is -2.14. The maximum absolute atomic E-state index is 3.38. The summed E-state index contributed by atoms with van der Waals surface area (Å²) in [5.74, 6) is 0.724. The predicted octanol–water partition coefficient (Wildman–Crippen LogP) is 5.73. The Bertz CT molecular complexity index is 263. The molecule has 0 heteroatoms. The minimum absolute atomic E-state index is 0.724. The van der Waals surface area contributed by atoms with E-state index < -0.39 is 0 Å². The van der Waals surface area contributed by atoms with Crippen LogP contribution in [-0.2, 0) is 0 Å². The van der Waals surface area contributed by atoms with Gasteiger partial charge < -0.3 is 0 Å². The molecule has 0 bridgehead atoms. The van der Waals surface area contributed by atoms with Crippen LogP contribution in [0.15, 0.2) is 24.3 Å². The minimum atomic E-state index is 0.724. The molecule has 17 heavy (non-hydrogen) atoms. The van der Waals surface area contributed by atoms with Crippen LogP contribution in [0.25, 0.3) is 0 Å². The third-order valence-corrected chi connectivity index (χ3v) is 3.57. The maximum atomic E-state index is 3.38. The number of hydrogen-bond acceptors (Lipinski definition) is 0. The Morgan fingerprint density at radius 3 is 2.41 bits per heavy atom. The van der Waals surface area contributed by atoms with Crippen molar-refractivity contribution in [1.29, 1.82) is 0 Å². The zero-order chi connectivity index (χ0) is 12.3. The lowest BCUT2D eigenvalue weighted by atomic mass is 9.91. The molecule has 0 saturated heterocycles. The van der Waals surface area contributed by atoms with Gasteiger partial charge in [-0.05, 0) is 30.4 Å². The molecule has 0 aliphatic carbocycles. The summed E-state index contributed by atoms with van der Waals surface area (Å²) in [6.07, 6.45) is 11.0. The zero-order valence-electron chi connectivity index (χ0n) is 11.5. The van der Waals surface area contributed by atoms with E-state index in [0.717, 1.165) is 5.92 Å². The van der Waals surface area contributed by atoms with Crippen LogP contribution in [-0.4, -0.2) is 0 Å². The third kappa shape index (κ3) is 5.91. The summed E-state index contributed by atoms with van der Waals surface area (Å²) in [5, 5.41) is 0. The van der Waals surface area contributed by atoms with Crippen LogP contribution in [0.3, 0.4) is 0 Å². The van der Waals surface area contributed by atoms with Crippen molar-refractivity contribution in [2.75, 3.05) is 0 Å². The van der Waals surface area contributed by atoms with E-state index in [1.807, 2.05) is 6.07 Å². The lowest BCUT2D eigenvalue weighted by molar-refractivity contribution is 0.529. The summed E-state index contributed by atoms with van der Waals surface area (Å²) in [5.41, 5.74) is 1.41. The molecule has 1 atom stereocenters. The van der Waals surface area contributed by atoms with Gasteiger partial charge in [-0.15, -0.1) is 0 Å². The highest BCUT2D eigenvalue weighted by Crippen LogP contribution is 2.25. The second-order valence-corrected chi connectivity index (χ2v) is 4.98. The molecule has 1 radical (unpaired) electrons. The first-order valence-electron chi connectivity index (χ1n) is 7.35. The first kappa shape index (κ1) is 14.3. The normalized spacial score (nSPS) is 12.6. The SMILES string of the molecule is CCCCCCCCC(CC)c1[c]cccc1. The van der Waals surface area contributed by atoms with Gasteiger partial charge in [0.2, 0.25) is 0 Å². The van der Waals surface area contributed by atoms with Gasteiger partial charge in [0, 0.05) is 0 Å². The van der Waals surface area contributed by atoms with Crippen molar-refractivity contribution in [1.82, 2.24) is 0 Å². The molecule has 1 unspecified atom stereocenters. The van der Waals surface area contributed by atoms with E-state index in [9.17, 15) is 0 Å². The fourth-order valence-electron chi connectivity index (χ4n) is 2.41. The number of rotatable bonds is 9. The maximum Gasteiger partial charge on any atom is -0.0146 e. The Hall–Kier alpha value is -0.780. The molecule has 0 N–H and O–H groups in total. The highest BCUT2D eigenvalue weighted by Gasteiger charge is 2.08. The monoisotopic (exact) mass is 231 g/mol. The van der Waals surface area contributed by atoms with Gasteiger partial charge in [0.15, 0.2) is 0 Å². The molecule has 95 valence electrons. The largest absolute Gasteiger partial charge is 0.0654 e. The first-order valence-corrected chi connectivity index (χ1v) is 7.35. The van der Waals surface area contributed by atoms with E-state index in [4.69, 9.17) is 0 Å².